The quantitative estimate of drug-likeness (QED) is 0.300. The Bertz CT molecular complexity index is 1440. The SMILES string of the molecule is CCN1CCC(C#N)(C(=O)[C@H](C[C@H](C)c2ccccc2)NC(=O)c2ccc(-c3cc(C(=O)O)ccc3Cl)cc2)CC1. The summed E-state index contributed by atoms with van der Waals surface area (Å²) in [4.78, 5) is 41.1. The van der Waals surface area contributed by atoms with Crippen molar-refractivity contribution in [3.8, 4) is 17.2 Å². The van der Waals surface area contributed by atoms with Crippen molar-refractivity contribution >= 4 is 29.3 Å². The summed E-state index contributed by atoms with van der Waals surface area (Å²) in [6, 6.07) is 22.4. The third kappa shape index (κ3) is 6.84. The molecule has 0 aromatic heterocycles. The fourth-order valence-corrected chi connectivity index (χ4v) is 5.65. The van der Waals surface area contributed by atoms with Crippen LogP contribution in [-0.4, -0.2) is 53.3 Å². The maximum Gasteiger partial charge on any atom is 0.335 e. The van der Waals surface area contributed by atoms with Gasteiger partial charge in [-0.15, -0.1) is 0 Å². The summed E-state index contributed by atoms with van der Waals surface area (Å²) in [5, 5.41) is 22.9. The lowest BCUT2D eigenvalue weighted by atomic mass is 9.72. The predicted molar refractivity (Wildman–Crippen MR) is 159 cm³/mol. The average molecular weight is 572 g/mol. The number of carboxylic acid groups (broad SMARTS) is 1. The molecule has 1 saturated heterocycles. The molecule has 1 aliphatic rings. The molecule has 0 aliphatic carbocycles. The van der Waals surface area contributed by atoms with Crippen LogP contribution in [0.1, 0.15) is 65.3 Å². The van der Waals surface area contributed by atoms with E-state index in [-0.39, 0.29) is 17.3 Å². The van der Waals surface area contributed by atoms with Crippen molar-refractivity contribution in [2.45, 2.75) is 45.1 Å². The number of rotatable bonds is 10. The lowest BCUT2D eigenvalue weighted by Gasteiger charge is -2.38. The van der Waals surface area contributed by atoms with Crippen LogP contribution < -0.4 is 5.32 Å². The molecule has 3 aromatic rings. The zero-order valence-electron chi connectivity index (χ0n) is 23.3. The zero-order chi connectivity index (χ0) is 29.6. The van der Waals surface area contributed by atoms with Crippen molar-refractivity contribution in [1.29, 1.82) is 5.26 Å². The van der Waals surface area contributed by atoms with Crippen molar-refractivity contribution in [2.75, 3.05) is 19.6 Å². The van der Waals surface area contributed by atoms with Gasteiger partial charge in [-0.25, -0.2) is 4.79 Å². The van der Waals surface area contributed by atoms with E-state index in [1.807, 2.05) is 37.3 Å². The highest BCUT2D eigenvalue weighted by molar-refractivity contribution is 6.33. The fraction of sp³-hybridized carbons (Fsp3) is 0.333. The van der Waals surface area contributed by atoms with E-state index >= 15 is 0 Å². The molecule has 0 bridgehead atoms. The first-order valence-electron chi connectivity index (χ1n) is 13.8. The Labute approximate surface area is 245 Å². The number of nitriles is 1. The van der Waals surface area contributed by atoms with E-state index in [9.17, 15) is 24.8 Å². The second kappa shape index (κ2) is 13.1. The van der Waals surface area contributed by atoms with E-state index in [4.69, 9.17) is 11.6 Å². The number of benzene rings is 3. The van der Waals surface area contributed by atoms with Crippen LogP contribution in [0.2, 0.25) is 5.02 Å². The molecule has 0 spiro atoms. The fourth-order valence-electron chi connectivity index (χ4n) is 5.42. The maximum atomic E-state index is 14.0. The minimum absolute atomic E-state index is 0.0250. The number of amides is 1. The Morgan fingerprint density at radius 3 is 2.24 bits per heavy atom. The third-order valence-electron chi connectivity index (χ3n) is 8.09. The number of piperidine rings is 1. The summed E-state index contributed by atoms with van der Waals surface area (Å²) in [5.74, 6) is -1.74. The Morgan fingerprint density at radius 2 is 1.66 bits per heavy atom. The molecule has 2 atom stereocenters. The number of halogens is 1. The van der Waals surface area contributed by atoms with Gasteiger partial charge in [0.15, 0.2) is 5.78 Å². The minimum Gasteiger partial charge on any atom is -0.478 e. The summed E-state index contributed by atoms with van der Waals surface area (Å²) in [5.41, 5.74) is 1.56. The highest BCUT2D eigenvalue weighted by Crippen LogP contribution is 2.35. The van der Waals surface area contributed by atoms with Gasteiger partial charge >= 0.3 is 5.97 Å². The lowest BCUT2D eigenvalue weighted by Crippen LogP contribution is -2.52. The first kappa shape index (κ1) is 30.0. The van der Waals surface area contributed by atoms with Crippen LogP contribution >= 0.6 is 11.6 Å². The van der Waals surface area contributed by atoms with Crippen LogP contribution in [0.5, 0.6) is 0 Å². The van der Waals surface area contributed by atoms with Gasteiger partial charge in [-0.3, -0.25) is 9.59 Å². The number of carbonyl (C=O) groups excluding carboxylic acids is 2. The van der Waals surface area contributed by atoms with Gasteiger partial charge in [0.1, 0.15) is 5.41 Å². The van der Waals surface area contributed by atoms with Gasteiger partial charge < -0.3 is 15.3 Å². The van der Waals surface area contributed by atoms with Gasteiger partial charge in [-0.05, 0) is 73.2 Å². The first-order chi connectivity index (χ1) is 19.7. The first-order valence-corrected chi connectivity index (χ1v) is 14.2. The number of hydrogen-bond donors (Lipinski definition) is 2. The van der Waals surface area contributed by atoms with Crippen LogP contribution in [0, 0.1) is 16.7 Å². The summed E-state index contributed by atoms with van der Waals surface area (Å²) in [7, 11) is 0. The van der Waals surface area contributed by atoms with Crippen molar-refractivity contribution in [2.24, 2.45) is 5.41 Å². The van der Waals surface area contributed by atoms with Crippen molar-refractivity contribution in [3.05, 3.63) is 94.5 Å². The second-order valence-electron chi connectivity index (χ2n) is 10.6. The lowest BCUT2D eigenvalue weighted by molar-refractivity contribution is -0.130. The Kier molecular flexibility index (Phi) is 9.59. The van der Waals surface area contributed by atoms with Gasteiger partial charge in [0, 0.05) is 29.2 Å². The van der Waals surface area contributed by atoms with Crippen LogP contribution in [0.15, 0.2) is 72.8 Å². The number of Topliss-reactive ketones (excluding diaryl/α,β-unsaturated/α-hetero) is 1. The number of hydrogen-bond acceptors (Lipinski definition) is 5. The van der Waals surface area contributed by atoms with E-state index in [0.717, 1.165) is 12.1 Å². The highest BCUT2D eigenvalue weighted by atomic mass is 35.5. The molecule has 1 amide bonds. The molecule has 0 unspecified atom stereocenters. The molecule has 7 nitrogen and oxygen atoms in total. The smallest absolute Gasteiger partial charge is 0.335 e. The number of carboxylic acids is 1. The Hall–Kier alpha value is -3.99. The van der Waals surface area contributed by atoms with E-state index in [1.54, 1.807) is 24.3 Å². The average Bonchev–Trinajstić information content (AvgIpc) is 3.01. The van der Waals surface area contributed by atoms with E-state index < -0.39 is 23.3 Å². The van der Waals surface area contributed by atoms with Crippen LogP contribution in [-0.2, 0) is 4.79 Å². The van der Waals surface area contributed by atoms with Gasteiger partial charge in [0.2, 0.25) is 0 Å². The predicted octanol–water partition coefficient (Wildman–Crippen LogP) is 6.19. The molecule has 8 heteroatoms. The molecular weight excluding hydrogens is 538 g/mol. The standard InChI is InChI=1S/C33H34ClN3O4/c1-3-37-17-15-33(21-35,16-18-37)30(38)29(19-22(2)23-7-5-4-6-8-23)36-31(39)25-11-9-24(10-12-25)27-20-26(32(40)41)13-14-28(27)34/h4-14,20,22,29H,3,15-19H2,1-2H3,(H,36,39)(H,40,41)/t22-,29-/m0/s1. The van der Waals surface area contributed by atoms with Crippen LogP contribution in [0.25, 0.3) is 11.1 Å². The van der Waals surface area contributed by atoms with Gasteiger partial charge in [0.25, 0.3) is 5.91 Å². The summed E-state index contributed by atoms with van der Waals surface area (Å²) in [6.07, 6.45) is 1.24. The number of aromatic carboxylic acids is 1. The molecule has 212 valence electrons. The largest absolute Gasteiger partial charge is 0.478 e. The molecule has 41 heavy (non-hydrogen) atoms. The number of nitrogens with one attached hydrogen (secondary N) is 1. The monoisotopic (exact) mass is 571 g/mol. The second-order valence-corrected chi connectivity index (χ2v) is 11.1. The molecular formula is C33H34ClN3O4. The summed E-state index contributed by atoms with van der Waals surface area (Å²) in [6.45, 7) is 6.27. The molecule has 1 fully saturated rings. The van der Waals surface area contributed by atoms with Gasteiger partial charge in [0.05, 0.1) is 17.7 Å². The summed E-state index contributed by atoms with van der Waals surface area (Å²) < 4.78 is 0. The summed E-state index contributed by atoms with van der Waals surface area (Å²) >= 11 is 6.32. The van der Waals surface area contributed by atoms with E-state index in [1.165, 1.54) is 18.2 Å². The van der Waals surface area contributed by atoms with Crippen molar-refractivity contribution in [3.63, 3.8) is 0 Å². The third-order valence-corrected chi connectivity index (χ3v) is 8.42. The van der Waals surface area contributed by atoms with Gasteiger partial charge in [-0.1, -0.05) is 67.9 Å². The highest BCUT2D eigenvalue weighted by Gasteiger charge is 2.45. The molecule has 3 aromatic carbocycles. The number of likely N-dealkylation sites (tertiary alicyclic amines) is 1. The van der Waals surface area contributed by atoms with Gasteiger partial charge in [-0.2, -0.15) is 5.26 Å². The zero-order valence-corrected chi connectivity index (χ0v) is 24.0. The van der Waals surface area contributed by atoms with Crippen LogP contribution in [0.4, 0.5) is 0 Å². The minimum atomic E-state index is -1.14. The molecule has 2 N–H and O–H groups in total. The Balaban J connectivity index is 1.58. The number of nitrogens with zero attached hydrogens (tertiary/aromatic N) is 2. The molecule has 4 rings (SSSR count). The van der Waals surface area contributed by atoms with E-state index in [2.05, 4.69) is 23.2 Å². The molecule has 1 aliphatic heterocycles. The van der Waals surface area contributed by atoms with E-state index in [0.29, 0.717) is 54.1 Å². The molecule has 1 heterocycles. The Morgan fingerprint density at radius 1 is 1.02 bits per heavy atom. The molecule has 0 radical (unpaired) electrons. The normalized spacial score (nSPS) is 16.2. The topological polar surface area (TPSA) is 111 Å². The van der Waals surface area contributed by atoms with Crippen molar-refractivity contribution < 1.29 is 19.5 Å². The van der Waals surface area contributed by atoms with Crippen LogP contribution in [0.3, 0.4) is 0 Å². The number of ketones is 1. The van der Waals surface area contributed by atoms with Crippen molar-refractivity contribution in [1.82, 2.24) is 10.2 Å². The maximum absolute atomic E-state index is 14.0. The number of carbonyl (C=O) groups is 3. The molecule has 0 saturated carbocycles.